The number of ether oxygens (including phenoxy) is 1. The van der Waals surface area contributed by atoms with Crippen molar-refractivity contribution in [2.75, 3.05) is 12.4 Å². The smallest absolute Gasteiger partial charge is 0.232 e. The first-order valence-electron chi connectivity index (χ1n) is 5.98. The number of rotatable bonds is 5. The summed E-state index contributed by atoms with van der Waals surface area (Å²) in [6.45, 7) is 2.12. The summed E-state index contributed by atoms with van der Waals surface area (Å²) in [6, 6.07) is 13.8. The molecule has 0 bridgehead atoms. The fourth-order valence-electron chi connectivity index (χ4n) is 1.88. The molecular weight excluding hydrogens is 284 g/mol. The van der Waals surface area contributed by atoms with Crippen molar-refractivity contribution in [3.63, 3.8) is 0 Å². The van der Waals surface area contributed by atoms with Crippen LogP contribution in [0.25, 0.3) is 10.8 Å². The van der Waals surface area contributed by atoms with Gasteiger partial charge in [0.25, 0.3) is 0 Å². The second-order valence-corrected chi connectivity index (χ2v) is 7.45. The lowest BCUT2D eigenvalue weighted by molar-refractivity contribution is 0.272. The Balaban J connectivity index is 2.02. The molecule has 0 spiro atoms. The molecule has 0 aromatic heterocycles. The van der Waals surface area contributed by atoms with E-state index in [-0.39, 0.29) is 11.7 Å². The first-order valence-corrected chi connectivity index (χ1v) is 8.46. The van der Waals surface area contributed by atoms with Gasteiger partial charge in [-0.05, 0) is 22.9 Å². The number of hydrogen-bond donors (Lipinski definition) is 0. The second kappa shape index (κ2) is 5.80. The van der Waals surface area contributed by atoms with Gasteiger partial charge in [0.05, 0.1) is 12.4 Å². The third-order valence-corrected chi connectivity index (χ3v) is 4.08. The average Bonchev–Trinajstić information content (AvgIpc) is 2.34. The molecule has 0 aliphatic heterocycles. The standard InChI is InChI=1S/C14H15ClO3S/c1-11(10-19(15,16)17)9-18-14-7-6-12-4-2-3-5-13(12)8-14/h2-8,11H,9-10H2,1H3. The molecule has 0 fully saturated rings. The lowest BCUT2D eigenvalue weighted by Crippen LogP contribution is -2.16. The van der Waals surface area contributed by atoms with Gasteiger partial charge in [-0.15, -0.1) is 0 Å². The van der Waals surface area contributed by atoms with Crippen molar-refractivity contribution in [3.8, 4) is 5.75 Å². The van der Waals surface area contributed by atoms with Crippen LogP contribution in [0.15, 0.2) is 42.5 Å². The number of halogens is 1. The quantitative estimate of drug-likeness (QED) is 0.794. The van der Waals surface area contributed by atoms with Gasteiger partial charge >= 0.3 is 0 Å². The van der Waals surface area contributed by atoms with Crippen LogP contribution in [0.4, 0.5) is 0 Å². The Morgan fingerprint density at radius 3 is 2.53 bits per heavy atom. The molecule has 0 aliphatic carbocycles. The maximum Gasteiger partial charge on any atom is 0.232 e. The second-order valence-electron chi connectivity index (χ2n) is 4.63. The van der Waals surface area contributed by atoms with Gasteiger partial charge in [0, 0.05) is 16.6 Å². The minimum atomic E-state index is -3.47. The molecule has 2 rings (SSSR count). The molecule has 1 atom stereocenters. The number of hydrogen-bond acceptors (Lipinski definition) is 3. The topological polar surface area (TPSA) is 43.4 Å². The van der Waals surface area contributed by atoms with Gasteiger partial charge in [0.2, 0.25) is 9.05 Å². The maximum atomic E-state index is 10.9. The lowest BCUT2D eigenvalue weighted by atomic mass is 10.1. The summed E-state index contributed by atoms with van der Waals surface area (Å²) in [5.41, 5.74) is 0. The Morgan fingerprint density at radius 1 is 1.16 bits per heavy atom. The van der Waals surface area contributed by atoms with E-state index < -0.39 is 9.05 Å². The number of benzene rings is 2. The summed E-state index contributed by atoms with van der Waals surface area (Å²) in [5.74, 6) is 0.508. The highest BCUT2D eigenvalue weighted by Crippen LogP contribution is 2.21. The zero-order chi connectivity index (χ0) is 13.9. The van der Waals surface area contributed by atoms with Gasteiger partial charge in [-0.2, -0.15) is 0 Å². The lowest BCUT2D eigenvalue weighted by Gasteiger charge is -2.12. The molecular formula is C14H15ClO3S. The first kappa shape index (κ1) is 14.2. The van der Waals surface area contributed by atoms with Crippen molar-refractivity contribution >= 4 is 30.5 Å². The third kappa shape index (κ3) is 4.40. The van der Waals surface area contributed by atoms with Crippen LogP contribution in [0.2, 0.25) is 0 Å². The predicted octanol–water partition coefficient (Wildman–Crippen LogP) is 3.42. The van der Waals surface area contributed by atoms with E-state index in [1.54, 1.807) is 6.92 Å². The largest absolute Gasteiger partial charge is 0.493 e. The molecule has 1 unspecified atom stereocenters. The molecule has 5 heteroatoms. The van der Waals surface area contributed by atoms with Gasteiger partial charge in [-0.25, -0.2) is 8.42 Å². The van der Waals surface area contributed by atoms with Gasteiger partial charge < -0.3 is 4.74 Å². The van der Waals surface area contributed by atoms with Gasteiger partial charge in [0.1, 0.15) is 5.75 Å². The van der Waals surface area contributed by atoms with Crippen molar-refractivity contribution in [2.24, 2.45) is 5.92 Å². The van der Waals surface area contributed by atoms with E-state index in [1.165, 1.54) is 0 Å². The summed E-state index contributed by atoms with van der Waals surface area (Å²) < 4.78 is 27.5. The molecule has 0 radical (unpaired) electrons. The highest BCUT2D eigenvalue weighted by molar-refractivity contribution is 8.13. The van der Waals surface area contributed by atoms with Crippen LogP contribution in [0.3, 0.4) is 0 Å². The van der Waals surface area contributed by atoms with E-state index in [0.717, 1.165) is 16.5 Å². The van der Waals surface area contributed by atoms with Crippen molar-refractivity contribution < 1.29 is 13.2 Å². The zero-order valence-corrected chi connectivity index (χ0v) is 12.1. The SMILES string of the molecule is CC(COc1ccc2ccccc2c1)CS(=O)(=O)Cl. The van der Waals surface area contributed by atoms with E-state index >= 15 is 0 Å². The Kier molecular flexibility index (Phi) is 4.32. The summed E-state index contributed by atoms with van der Waals surface area (Å²) in [5, 5.41) is 2.24. The maximum absolute atomic E-state index is 10.9. The fraction of sp³-hybridized carbons (Fsp3) is 0.286. The summed E-state index contributed by atoms with van der Waals surface area (Å²) in [7, 11) is 1.73. The van der Waals surface area contributed by atoms with Crippen molar-refractivity contribution in [3.05, 3.63) is 42.5 Å². The van der Waals surface area contributed by atoms with E-state index in [4.69, 9.17) is 15.4 Å². The van der Waals surface area contributed by atoms with E-state index in [0.29, 0.717) is 6.61 Å². The van der Waals surface area contributed by atoms with Crippen LogP contribution in [-0.4, -0.2) is 20.8 Å². The zero-order valence-electron chi connectivity index (χ0n) is 10.5. The van der Waals surface area contributed by atoms with Gasteiger partial charge in [-0.3, -0.25) is 0 Å². The van der Waals surface area contributed by atoms with Crippen LogP contribution in [0, 0.1) is 5.92 Å². The molecule has 0 N–H and O–H groups in total. The van der Waals surface area contributed by atoms with Crippen LogP contribution in [0.5, 0.6) is 5.75 Å². The summed E-state index contributed by atoms with van der Waals surface area (Å²) in [6.07, 6.45) is 0. The van der Waals surface area contributed by atoms with Gasteiger partial charge in [-0.1, -0.05) is 37.3 Å². The molecule has 3 nitrogen and oxygen atoms in total. The van der Waals surface area contributed by atoms with Crippen LogP contribution in [0.1, 0.15) is 6.92 Å². The minimum absolute atomic E-state index is 0.0812. The molecule has 2 aromatic carbocycles. The van der Waals surface area contributed by atoms with E-state index in [1.807, 2.05) is 42.5 Å². The molecule has 0 amide bonds. The van der Waals surface area contributed by atoms with Gasteiger partial charge in [0.15, 0.2) is 0 Å². The predicted molar refractivity (Wildman–Crippen MR) is 78.2 cm³/mol. The van der Waals surface area contributed by atoms with Crippen molar-refractivity contribution in [1.29, 1.82) is 0 Å². The minimum Gasteiger partial charge on any atom is -0.493 e. The number of fused-ring (bicyclic) bond motifs is 1. The van der Waals surface area contributed by atoms with Crippen LogP contribution in [-0.2, 0) is 9.05 Å². The third-order valence-electron chi connectivity index (χ3n) is 2.74. The summed E-state index contributed by atoms with van der Waals surface area (Å²) >= 11 is 0. The van der Waals surface area contributed by atoms with Crippen LogP contribution < -0.4 is 4.74 Å². The molecule has 102 valence electrons. The van der Waals surface area contributed by atoms with E-state index in [2.05, 4.69) is 0 Å². The summed E-state index contributed by atoms with van der Waals surface area (Å²) in [4.78, 5) is 0. The first-order chi connectivity index (χ1) is 8.94. The van der Waals surface area contributed by atoms with Crippen molar-refractivity contribution in [1.82, 2.24) is 0 Å². The Bertz CT molecular complexity index is 667. The average molecular weight is 299 g/mol. The normalized spacial score (nSPS) is 13.4. The molecule has 19 heavy (non-hydrogen) atoms. The molecule has 0 aliphatic rings. The monoisotopic (exact) mass is 298 g/mol. The Labute approximate surface area is 117 Å². The van der Waals surface area contributed by atoms with Crippen LogP contribution >= 0.6 is 10.7 Å². The fourth-order valence-corrected chi connectivity index (χ4v) is 3.30. The highest BCUT2D eigenvalue weighted by atomic mass is 35.7. The molecule has 0 heterocycles. The Morgan fingerprint density at radius 2 is 1.84 bits per heavy atom. The van der Waals surface area contributed by atoms with Crippen molar-refractivity contribution in [2.45, 2.75) is 6.92 Å². The Hall–Kier alpha value is -1.26. The highest BCUT2D eigenvalue weighted by Gasteiger charge is 2.13. The molecule has 0 saturated carbocycles. The van der Waals surface area contributed by atoms with E-state index in [9.17, 15) is 8.42 Å². The molecule has 2 aromatic rings. The molecule has 0 saturated heterocycles.